The number of halogens is 1. The molecule has 160 valence electrons. The molecule has 2 heterocycles. The smallest absolute Gasteiger partial charge is 0.266 e. The molecule has 0 radical (unpaired) electrons. The normalized spacial score (nSPS) is 22.3. The molecule has 0 unspecified atom stereocenters. The minimum atomic E-state index is -1.36. The first-order valence-corrected chi connectivity index (χ1v) is 10.7. The monoisotopic (exact) mass is 491 g/mol. The molecule has 7 nitrogen and oxygen atoms in total. The number of imide groups is 1. The first kappa shape index (κ1) is 20.4. The van der Waals surface area contributed by atoms with E-state index in [1.165, 1.54) is 11.1 Å². The van der Waals surface area contributed by atoms with E-state index in [1.807, 2.05) is 6.07 Å². The Morgan fingerprint density at radius 2 is 1.50 bits per heavy atom. The fraction of sp³-hybridized carbons (Fsp3) is 0.125. The third-order valence-electron chi connectivity index (χ3n) is 5.71. The molecule has 0 bridgehead atoms. The number of hydrogen-bond acceptors (Lipinski definition) is 6. The first-order valence-electron chi connectivity index (χ1n) is 9.92. The summed E-state index contributed by atoms with van der Waals surface area (Å²) < 4.78 is 0.813. The van der Waals surface area contributed by atoms with Crippen LogP contribution in [0.3, 0.4) is 0 Å². The van der Waals surface area contributed by atoms with Gasteiger partial charge in [-0.25, -0.2) is 9.96 Å². The number of carbonyl (C=O) groups excluding carboxylic acids is 3. The number of carboxylic acid groups (broad SMARTS) is 1. The van der Waals surface area contributed by atoms with E-state index in [1.54, 1.807) is 66.7 Å². The van der Waals surface area contributed by atoms with Crippen LogP contribution in [0.4, 0.5) is 11.4 Å². The van der Waals surface area contributed by atoms with E-state index in [-0.39, 0.29) is 5.56 Å². The van der Waals surface area contributed by atoms with Crippen molar-refractivity contribution in [2.45, 2.75) is 12.1 Å². The SMILES string of the molecule is O=C([O-])c1ccccc1[C@@H]1[C@@H]2C(=O)N(c3ccc(Br)cc3)C(=O)[C@@H]2ON1c1ccccc1. The molecule has 0 aliphatic carbocycles. The van der Waals surface area contributed by atoms with Gasteiger partial charge in [0.15, 0.2) is 6.10 Å². The van der Waals surface area contributed by atoms with E-state index in [2.05, 4.69) is 15.9 Å². The van der Waals surface area contributed by atoms with Crippen molar-refractivity contribution in [2.75, 3.05) is 9.96 Å². The van der Waals surface area contributed by atoms with Gasteiger partial charge in [0, 0.05) is 10.0 Å². The zero-order valence-electron chi connectivity index (χ0n) is 16.6. The molecule has 2 amide bonds. The van der Waals surface area contributed by atoms with Gasteiger partial charge in [-0.3, -0.25) is 14.4 Å². The Balaban J connectivity index is 1.63. The van der Waals surface area contributed by atoms with Gasteiger partial charge < -0.3 is 9.90 Å². The van der Waals surface area contributed by atoms with Crippen LogP contribution in [0, 0.1) is 5.92 Å². The largest absolute Gasteiger partial charge is 0.545 e. The standard InChI is InChI=1S/C24H17BrN2O5/c25-14-10-12-15(13-11-14)26-22(28)19-20(17-8-4-5-9-18(17)24(30)31)27(32-21(19)23(26)29)16-6-2-1-3-7-16/h1-13,19-21H,(H,30,31)/p-1/t19-,20+,21+/m0/s1. The first-order chi connectivity index (χ1) is 15.5. The number of amides is 2. The third kappa shape index (κ3) is 3.19. The molecule has 2 aliphatic rings. The van der Waals surface area contributed by atoms with Gasteiger partial charge in [-0.15, -0.1) is 0 Å². The number of hydroxylamine groups is 1. The van der Waals surface area contributed by atoms with E-state index >= 15 is 0 Å². The number of anilines is 2. The van der Waals surface area contributed by atoms with Crippen molar-refractivity contribution in [3.8, 4) is 0 Å². The highest BCUT2D eigenvalue weighted by Gasteiger charge is 2.60. The predicted molar refractivity (Wildman–Crippen MR) is 117 cm³/mol. The maximum Gasteiger partial charge on any atom is 0.266 e. The second kappa shape index (κ2) is 7.89. The Kier molecular flexibility index (Phi) is 5.03. The number of fused-ring (bicyclic) bond motifs is 1. The number of benzene rings is 3. The van der Waals surface area contributed by atoms with Crippen molar-refractivity contribution in [1.29, 1.82) is 0 Å². The van der Waals surface area contributed by atoms with E-state index in [0.717, 1.165) is 9.37 Å². The van der Waals surface area contributed by atoms with Crippen molar-refractivity contribution < 1.29 is 24.3 Å². The molecule has 0 N–H and O–H groups in total. The second-order valence-electron chi connectivity index (χ2n) is 7.52. The lowest BCUT2D eigenvalue weighted by Gasteiger charge is -2.30. The zero-order valence-corrected chi connectivity index (χ0v) is 18.1. The molecule has 8 heteroatoms. The number of aromatic carboxylic acids is 1. The van der Waals surface area contributed by atoms with Crippen LogP contribution >= 0.6 is 15.9 Å². The minimum absolute atomic E-state index is 0.0509. The van der Waals surface area contributed by atoms with Crippen molar-refractivity contribution in [2.24, 2.45) is 5.92 Å². The lowest BCUT2D eigenvalue weighted by atomic mass is 9.88. The number of hydrogen-bond donors (Lipinski definition) is 0. The van der Waals surface area contributed by atoms with E-state index in [4.69, 9.17) is 4.84 Å². The average molecular weight is 492 g/mol. The summed E-state index contributed by atoms with van der Waals surface area (Å²) in [7, 11) is 0. The molecule has 0 aromatic heterocycles. The van der Waals surface area contributed by atoms with Gasteiger partial charge in [-0.2, -0.15) is 0 Å². The number of rotatable bonds is 4. The molecular formula is C24H16BrN2O5-. The molecule has 2 fully saturated rings. The molecule has 0 saturated carbocycles. The van der Waals surface area contributed by atoms with Crippen LogP contribution in [0.25, 0.3) is 0 Å². The van der Waals surface area contributed by atoms with Gasteiger partial charge in [0.05, 0.1) is 23.4 Å². The summed E-state index contributed by atoms with van der Waals surface area (Å²) in [5.74, 6) is -3.22. The van der Waals surface area contributed by atoms with E-state index in [9.17, 15) is 19.5 Å². The summed E-state index contributed by atoms with van der Waals surface area (Å²) in [6.07, 6.45) is -1.08. The molecular weight excluding hydrogens is 476 g/mol. The quantitative estimate of drug-likeness (QED) is 0.521. The summed E-state index contributed by atoms with van der Waals surface area (Å²) in [5.41, 5.74) is 1.34. The summed E-state index contributed by atoms with van der Waals surface area (Å²) in [6, 6.07) is 21.3. The highest BCUT2D eigenvalue weighted by atomic mass is 79.9. The molecule has 0 spiro atoms. The Hall–Kier alpha value is -3.49. The van der Waals surface area contributed by atoms with Crippen LogP contribution < -0.4 is 15.1 Å². The highest BCUT2D eigenvalue weighted by Crippen LogP contribution is 2.48. The van der Waals surface area contributed by atoms with Crippen LogP contribution in [-0.4, -0.2) is 23.9 Å². The predicted octanol–water partition coefficient (Wildman–Crippen LogP) is 2.86. The average Bonchev–Trinajstić information content (AvgIpc) is 3.31. The molecule has 3 atom stereocenters. The van der Waals surface area contributed by atoms with E-state index in [0.29, 0.717) is 16.9 Å². The summed E-state index contributed by atoms with van der Waals surface area (Å²) in [6.45, 7) is 0. The van der Waals surface area contributed by atoms with Gasteiger partial charge in [0.1, 0.15) is 5.92 Å². The Morgan fingerprint density at radius 1 is 0.844 bits per heavy atom. The van der Waals surface area contributed by atoms with Crippen LogP contribution in [0.15, 0.2) is 83.3 Å². The number of nitrogens with zero attached hydrogens (tertiary/aromatic N) is 2. The molecule has 32 heavy (non-hydrogen) atoms. The molecule has 3 aromatic rings. The number of carbonyl (C=O) groups is 3. The van der Waals surface area contributed by atoms with Crippen molar-refractivity contribution in [3.05, 3.63) is 94.5 Å². The van der Waals surface area contributed by atoms with Crippen LogP contribution in [0.5, 0.6) is 0 Å². The van der Waals surface area contributed by atoms with Crippen LogP contribution in [0.1, 0.15) is 22.0 Å². The molecule has 2 aliphatic heterocycles. The second-order valence-corrected chi connectivity index (χ2v) is 8.44. The summed E-state index contributed by atoms with van der Waals surface area (Å²) in [5, 5.41) is 13.3. The highest BCUT2D eigenvalue weighted by molar-refractivity contribution is 9.10. The van der Waals surface area contributed by atoms with E-state index < -0.39 is 35.8 Å². The van der Waals surface area contributed by atoms with Crippen molar-refractivity contribution in [1.82, 2.24) is 0 Å². The number of para-hydroxylation sites is 1. The Labute approximate surface area is 191 Å². The van der Waals surface area contributed by atoms with Crippen LogP contribution in [-0.2, 0) is 14.4 Å². The maximum atomic E-state index is 13.5. The topological polar surface area (TPSA) is 90.0 Å². The van der Waals surface area contributed by atoms with Crippen molar-refractivity contribution in [3.63, 3.8) is 0 Å². The fourth-order valence-electron chi connectivity index (χ4n) is 4.31. The fourth-order valence-corrected chi connectivity index (χ4v) is 4.58. The lowest BCUT2D eigenvalue weighted by molar-refractivity contribution is -0.255. The zero-order chi connectivity index (χ0) is 22.4. The molecule has 5 rings (SSSR count). The maximum absolute atomic E-state index is 13.5. The third-order valence-corrected chi connectivity index (χ3v) is 6.24. The Bertz CT molecular complexity index is 1210. The molecule has 3 aromatic carbocycles. The molecule has 2 saturated heterocycles. The van der Waals surface area contributed by atoms with Gasteiger partial charge in [-0.1, -0.05) is 58.4 Å². The van der Waals surface area contributed by atoms with Gasteiger partial charge >= 0.3 is 0 Å². The summed E-state index contributed by atoms with van der Waals surface area (Å²) in [4.78, 5) is 45.8. The van der Waals surface area contributed by atoms with Crippen molar-refractivity contribution >= 4 is 45.1 Å². The Morgan fingerprint density at radius 3 is 2.19 bits per heavy atom. The van der Waals surface area contributed by atoms with Gasteiger partial charge in [-0.05, 0) is 42.0 Å². The van der Waals surface area contributed by atoms with Gasteiger partial charge in [0.2, 0.25) is 5.91 Å². The lowest BCUT2D eigenvalue weighted by Crippen LogP contribution is -2.38. The van der Waals surface area contributed by atoms with Gasteiger partial charge in [0.25, 0.3) is 5.91 Å². The summed E-state index contributed by atoms with van der Waals surface area (Å²) >= 11 is 3.35. The van der Waals surface area contributed by atoms with Crippen LogP contribution in [0.2, 0.25) is 0 Å². The number of carboxylic acids is 1. The minimum Gasteiger partial charge on any atom is -0.545 e.